The molecule has 0 aliphatic heterocycles. The third kappa shape index (κ3) is 5.02. The summed E-state index contributed by atoms with van der Waals surface area (Å²) in [4.78, 5) is 9.75. The summed E-state index contributed by atoms with van der Waals surface area (Å²) in [5.41, 5.74) is 6.90. The number of hydrogen-bond acceptors (Lipinski definition) is 3. The molecular formula is C42H36N4. The molecular weight excluding hydrogens is 560 g/mol. The van der Waals surface area contributed by atoms with E-state index in [1.807, 2.05) is 18.3 Å². The first-order chi connectivity index (χ1) is 22.8. The van der Waals surface area contributed by atoms with Gasteiger partial charge in [0.25, 0.3) is 0 Å². The molecule has 2 aliphatic rings. The van der Waals surface area contributed by atoms with Crippen molar-refractivity contribution in [2.45, 2.75) is 25.4 Å². The lowest BCUT2D eigenvalue weighted by Crippen LogP contribution is -2.35. The molecule has 3 atom stereocenters. The zero-order valence-corrected chi connectivity index (χ0v) is 25.9. The normalized spacial score (nSPS) is 18.8. The molecule has 46 heavy (non-hydrogen) atoms. The maximum Gasteiger partial charge on any atom is 0.137 e. The van der Waals surface area contributed by atoms with E-state index in [1.165, 1.54) is 21.8 Å². The lowest BCUT2D eigenvalue weighted by molar-refractivity contribution is 0.609. The fourth-order valence-corrected chi connectivity index (χ4v) is 7.00. The van der Waals surface area contributed by atoms with E-state index in [0.717, 1.165) is 35.0 Å². The predicted molar refractivity (Wildman–Crippen MR) is 194 cm³/mol. The topological polar surface area (TPSA) is 24.3 Å². The van der Waals surface area contributed by atoms with Crippen LogP contribution < -0.4 is 9.80 Å². The number of rotatable bonds is 7. The minimum absolute atomic E-state index is 0.147. The standard InChI is InChI=1S/C42H36N4/c1-31-15-11-13-23-39(31)44(36-26-28-42(43-30-36)45(32-16-5-2-6-17-32)33-18-7-3-8-19-33)35-25-27-41-38(29-35)37-22-12-14-24-40(37)46(41)34-20-9-4-10-21-34/h2-20,22-31,34,39H,21H2,1H3. The number of benzene rings is 4. The van der Waals surface area contributed by atoms with Crippen molar-refractivity contribution >= 4 is 50.4 Å². The van der Waals surface area contributed by atoms with E-state index in [-0.39, 0.29) is 6.04 Å². The fraction of sp³-hybridized carbons (Fsp3) is 0.119. The van der Waals surface area contributed by atoms with E-state index < -0.39 is 0 Å². The smallest absolute Gasteiger partial charge is 0.137 e. The fourth-order valence-electron chi connectivity index (χ4n) is 7.00. The Morgan fingerprint density at radius 3 is 1.98 bits per heavy atom. The molecule has 2 heterocycles. The molecule has 0 N–H and O–H groups in total. The molecule has 0 amide bonds. The van der Waals surface area contributed by atoms with Gasteiger partial charge in [-0.1, -0.05) is 110 Å². The van der Waals surface area contributed by atoms with E-state index in [2.05, 4.69) is 173 Å². The van der Waals surface area contributed by atoms with Crippen molar-refractivity contribution in [3.8, 4) is 0 Å². The number of pyridine rings is 1. The molecule has 4 nitrogen and oxygen atoms in total. The first-order valence-corrected chi connectivity index (χ1v) is 16.1. The summed E-state index contributed by atoms with van der Waals surface area (Å²) in [6, 6.07) is 41.5. The molecule has 2 aromatic heterocycles. The van der Waals surface area contributed by atoms with Crippen molar-refractivity contribution in [2.75, 3.05) is 9.80 Å². The molecule has 0 saturated carbocycles. The molecule has 4 heteroatoms. The minimum atomic E-state index is 0.147. The Bertz CT molecular complexity index is 2060. The number of hydrogen-bond donors (Lipinski definition) is 0. The molecule has 8 rings (SSSR count). The second kappa shape index (κ2) is 12.1. The molecule has 2 aliphatic carbocycles. The number of anilines is 5. The van der Waals surface area contributed by atoms with E-state index >= 15 is 0 Å². The highest BCUT2D eigenvalue weighted by Gasteiger charge is 2.26. The maximum atomic E-state index is 5.10. The van der Waals surface area contributed by atoms with Gasteiger partial charge < -0.3 is 9.47 Å². The highest BCUT2D eigenvalue weighted by molar-refractivity contribution is 6.09. The van der Waals surface area contributed by atoms with Crippen molar-refractivity contribution in [2.24, 2.45) is 5.92 Å². The highest BCUT2D eigenvalue weighted by atomic mass is 15.2. The Morgan fingerprint density at radius 1 is 0.609 bits per heavy atom. The van der Waals surface area contributed by atoms with Gasteiger partial charge in [0.05, 0.1) is 24.0 Å². The third-order valence-electron chi connectivity index (χ3n) is 9.20. The number of allylic oxidation sites excluding steroid dienone is 6. The van der Waals surface area contributed by atoms with Gasteiger partial charge in [0.2, 0.25) is 0 Å². The van der Waals surface area contributed by atoms with Crippen LogP contribution in [0.4, 0.5) is 28.6 Å². The summed E-state index contributed by atoms with van der Waals surface area (Å²) in [7, 11) is 0. The summed E-state index contributed by atoms with van der Waals surface area (Å²) >= 11 is 0. The van der Waals surface area contributed by atoms with Crippen LogP contribution in [-0.4, -0.2) is 15.6 Å². The van der Waals surface area contributed by atoms with Crippen LogP contribution in [0.15, 0.2) is 170 Å². The monoisotopic (exact) mass is 596 g/mol. The molecule has 0 saturated heterocycles. The van der Waals surface area contributed by atoms with Crippen molar-refractivity contribution in [1.29, 1.82) is 0 Å². The van der Waals surface area contributed by atoms with Gasteiger partial charge in [-0.25, -0.2) is 4.98 Å². The van der Waals surface area contributed by atoms with Crippen LogP contribution in [0.3, 0.4) is 0 Å². The van der Waals surface area contributed by atoms with Gasteiger partial charge in [-0.3, -0.25) is 4.90 Å². The van der Waals surface area contributed by atoms with E-state index in [4.69, 9.17) is 4.98 Å². The second-order valence-corrected chi connectivity index (χ2v) is 12.1. The SMILES string of the molecule is CC1C=CC=CC1N(c1ccc(N(c2ccccc2)c2ccccc2)nc1)c1ccc2c(c1)c1ccccc1n2C1C=CC=CC1. The third-order valence-corrected chi connectivity index (χ3v) is 9.20. The van der Waals surface area contributed by atoms with Crippen LogP contribution in [0.25, 0.3) is 21.8 Å². The number of aromatic nitrogens is 2. The van der Waals surface area contributed by atoms with Crippen LogP contribution in [0.5, 0.6) is 0 Å². The summed E-state index contributed by atoms with van der Waals surface area (Å²) < 4.78 is 2.50. The van der Waals surface area contributed by atoms with Crippen LogP contribution in [-0.2, 0) is 0 Å². The molecule has 6 aromatic rings. The average molecular weight is 597 g/mol. The zero-order valence-electron chi connectivity index (χ0n) is 25.9. The summed E-state index contributed by atoms with van der Waals surface area (Å²) in [5.74, 6) is 1.20. The Balaban J connectivity index is 1.25. The summed E-state index contributed by atoms with van der Waals surface area (Å²) in [6.45, 7) is 2.29. The van der Waals surface area contributed by atoms with E-state index in [0.29, 0.717) is 12.0 Å². The Hall–Kier alpha value is -5.61. The van der Waals surface area contributed by atoms with Crippen molar-refractivity contribution in [3.05, 3.63) is 170 Å². The number of fused-ring (bicyclic) bond motifs is 3. The second-order valence-electron chi connectivity index (χ2n) is 12.1. The van der Waals surface area contributed by atoms with E-state index in [9.17, 15) is 0 Å². The molecule has 0 fully saturated rings. The van der Waals surface area contributed by atoms with Gasteiger partial charge in [-0.15, -0.1) is 0 Å². The van der Waals surface area contributed by atoms with Crippen LogP contribution in [0.2, 0.25) is 0 Å². The summed E-state index contributed by atoms with van der Waals surface area (Å²) in [5, 5.41) is 2.55. The molecule has 3 unspecified atom stereocenters. The lowest BCUT2D eigenvalue weighted by atomic mass is 9.94. The van der Waals surface area contributed by atoms with Gasteiger partial charge in [0.1, 0.15) is 5.82 Å². The molecule has 0 spiro atoms. The van der Waals surface area contributed by atoms with Crippen molar-refractivity contribution < 1.29 is 0 Å². The lowest BCUT2D eigenvalue weighted by Gasteiger charge is -2.36. The minimum Gasteiger partial charge on any atom is -0.333 e. The van der Waals surface area contributed by atoms with Crippen LogP contribution in [0, 0.1) is 5.92 Å². The van der Waals surface area contributed by atoms with Gasteiger partial charge >= 0.3 is 0 Å². The Morgan fingerprint density at radius 2 is 1.28 bits per heavy atom. The van der Waals surface area contributed by atoms with Gasteiger partial charge in [0, 0.05) is 38.9 Å². The maximum absolute atomic E-state index is 5.10. The average Bonchev–Trinajstić information content (AvgIpc) is 3.45. The van der Waals surface area contributed by atoms with Crippen LogP contribution >= 0.6 is 0 Å². The van der Waals surface area contributed by atoms with E-state index in [1.54, 1.807) is 0 Å². The Labute approximate surface area is 270 Å². The number of para-hydroxylation sites is 3. The van der Waals surface area contributed by atoms with Crippen molar-refractivity contribution in [3.63, 3.8) is 0 Å². The van der Waals surface area contributed by atoms with Gasteiger partial charge in [-0.2, -0.15) is 0 Å². The first kappa shape index (κ1) is 27.9. The van der Waals surface area contributed by atoms with Gasteiger partial charge in [0.15, 0.2) is 0 Å². The summed E-state index contributed by atoms with van der Waals surface area (Å²) in [6.07, 6.45) is 20.8. The molecule has 224 valence electrons. The quantitative estimate of drug-likeness (QED) is 0.183. The number of nitrogens with zero attached hydrogens (tertiary/aromatic N) is 4. The zero-order chi connectivity index (χ0) is 30.9. The Kier molecular flexibility index (Phi) is 7.31. The van der Waals surface area contributed by atoms with Gasteiger partial charge in [-0.05, 0) is 73.0 Å². The largest absolute Gasteiger partial charge is 0.333 e. The van der Waals surface area contributed by atoms with Crippen LogP contribution in [0.1, 0.15) is 19.4 Å². The predicted octanol–water partition coefficient (Wildman–Crippen LogP) is 11.0. The van der Waals surface area contributed by atoms with Crippen molar-refractivity contribution in [1.82, 2.24) is 9.55 Å². The highest BCUT2D eigenvalue weighted by Crippen LogP contribution is 2.40. The molecule has 4 aromatic carbocycles. The first-order valence-electron chi connectivity index (χ1n) is 16.1. The molecule has 0 radical (unpaired) electrons. The molecule has 0 bridgehead atoms.